The topological polar surface area (TPSA) is 73.6 Å². The van der Waals surface area contributed by atoms with Gasteiger partial charge >= 0.3 is 0 Å². The summed E-state index contributed by atoms with van der Waals surface area (Å²) in [5, 5.41) is 3.15. The second kappa shape index (κ2) is 8.71. The molecule has 0 aliphatic carbocycles. The number of hydrogen-bond donors (Lipinski definition) is 2. The average molecular weight is 464 g/mol. The van der Waals surface area contributed by atoms with Crippen LogP contribution in [-0.2, 0) is 6.61 Å². The van der Waals surface area contributed by atoms with E-state index in [-0.39, 0.29) is 11.7 Å². The number of methoxy groups -OCH3 is 1. The fourth-order valence-electron chi connectivity index (χ4n) is 1.96. The van der Waals surface area contributed by atoms with E-state index in [2.05, 4.69) is 33.5 Å². The molecule has 0 unspecified atom stereocenters. The molecule has 0 radical (unpaired) electrons. The zero-order chi connectivity index (χ0) is 18.6. The van der Waals surface area contributed by atoms with Crippen molar-refractivity contribution in [2.75, 3.05) is 7.11 Å². The Bertz CT molecular complexity index is 833. The standard InChI is InChI=1S/C16H13BrCl2N2O3S/c1-23-13-6-9(15(22)21-16(20)25)5-10(17)14(13)24-7-8-2-3-11(18)12(19)4-8/h2-6H,7H2,1H3,(H3,20,21,22,25). The first-order valence-corrected chi connectivity index (χ1v) is 8.82. The third-order valence-corrected chi connectivity index (χ3v) is 4.53. The highest BCUT2D eigenvalue weighted by atomic mass is 79.9. The van der Waals surface area contributed by atoms with Crippen molar-refractivity contribution < 1.29 is 14.3 Å². The van der Waals surface area contributed by atoms with Crippen molar-refractivity contribution in [1.82, 2.24) is 5.32 Å². The van der Waals surface area contributed by atoms with Gasteiger partial charge in [-0.3, -0.25) is 10.1 Å². The number of nitrogens with one attached hydrogen (secondary N) is 1. The third-order valence-electron chi connectivity index (χ3n) is 3.10. The predicted octanol–water partition coefficient (Wildman–Crippen LogP) is 4.32. The zero-order valence-corrected chi connectivity index (χ0v) is 16.9. The molecule has 2 aromatic carbocycles. The highest BCUT2D eigenvalue weighted by molar-refractivity contribution is 9.10. The molecule has 5 nitrogen and oxygen atoms in total. The molecule has 0 saturated carbocycles. The van der Waals surface area contributed by atoms with Crippen molar-refractivity contribution in [3.05, 3.63) is 56.0 Å². The smallest absolute Gasteiger partial charge is 0.257 e. The van der Waals surface area contributed by atoms with E-state index in [1.165, 1.54) is 13.2 Å². The molecule has 0 bridgehead atoms. The minimum atomic E-state index is -0.442. The number of hydrogen-bond acceptors (Lipinski definition) is 4. The Hall–Kier alpha value is -1.54. The second-order valence-corrected chi connectivity index (χ2v) is 6.95. The number of benzene rings is 2. The summed E-state index contributed by atoms with van der Waals surface area (Å²) >= 11 is 19.9. The van der Waals surface area contributed by atoms with Crippen molar-refractivity contribution in [1.29, 1.82) is 0 Å². The van der Waals surface area contributed by atoms with Gasteiger partial charge < -0.3 is 15.2 Å². The first-order chi connectivity index (χ1) is 11.8. The van der Waals surface area contributed by atoms with E-state index in [1.54, 1.807) is 24.3 Å². The summed E-state index contributed by atoms with van der Waals surface area (Å²) in [5.41, 5.74) is 6.47. The Morgan fingerprint density at radius 2 is 2.00 bits per heavy atom. The van der Waals surface area contributed by atoms with Crippen LogP contribution in [-0.4, -0.2) is 18.1 Å². The monoisotopic (exact) mass is 462 g/mol. The summed E-state index contributed by atoms with van der Waals surface area (Å²) in [6.45, 7) is 0.240. The molecule has 0 heterocycles. The van der Waals surface area contributed by atoms with Gasteiger partial charge in [0.05, 0.1) is 21.6 Å². The second-order valence-electron chi connectivity index (χ2n) is 4.84. The molecule has 3 N–H and O–H groups in total. The Morgan fingerprint density at radius 3 is 2.60 bits per heavy atom. The Labute approximate surface area is 168 Å². The number of halogens is 3. The summed E-state index contributed by atoms with van der Waals surface area (Å²) < 4.78 is 11.6. The van der Waals surface area contributed by atoms with Gasteiger partial charge in [-0.1, -0.05) is 29.3 Å². The van der Waals surface area contributed by atoms with Crippen molar-refractivity contribution in [2.45, 2.75) is 6.61 Å². The van der Waals surface area contributed by atoms with Gasteiger partial charge in [-0.05, 0) is 58.0 Å². The maximum Gasteiger partial charge on any atom is 0.257 e. The van der Waals surface area contributed by atoms with Gasteiger partial charge in [0.2, 0.25) is 0 Å². The molecule has 0 aliphatic rings. The average Bonchev–Trinajstić information content (AvgIpc) is 2.55. The van der Waals surface area contributed by atoms with Gasteiger partial charge in [-0.25, -0.2) is 0 Å². The van der Waals surface area contributed by atoms with Crippen LogP contribution in [0.15, 0.2) is 34.8 Å². The van der Waals surface area contributed by atoms with Crippen molar-refractivity contribution in [2.24, 2.45) is 5.73 Å². The molecule has 0 spiro atoms. The lowest BCUT2D eigenvalue weighted by molar-refractivity contribution is 0.0977. The Morgan fingerprint density at radius 1 is 1.28 bits per heavy atom. The maximum atomic E-state index is 12.0. The first kappa shape index (κ1) is 19.8. The molecule has 0 fully saturated rings. The number of carbonyl (C=O) groups is 1. The molecule has 0 aliphatic heterocycles. The number of nitrogens with two attached hydrogens (primary N) is 1. The summed E-state index contributed by atoms with van der Waals surface area (Å²) in [6.07, 6.45) is 0. The predicted molar refractivity (Wildman–Crippen MR) is 106 cm³/mol. The van der Waals surface area contributed by atoms with Crippen LogP contribution < -0.4 is 20.5 Å². The van der Waals surface area contributed by atoms with Crippen LogP contribution in [0.1, 0.15) is 15.9 Å². The van der Waals surface area contributed by atoms with Gasteiger partial charge in [0, 0.05) is 5.56 Å². The molecule has 2 aromatic rings. The quantitative estimate of drug-likeness (QED) is 0.646. The molecule has 9 heteroatoms. The molecule has 25 heavy (non-hydrogen) atoms. The van der Waals surface area contributed by atoms with Crippen LogP contribution in [0.4, 0.5) is 0 Å². The lowest BCUT2D eigenvalue weighted by atomic mass is 10.2. The normalized spacial score (nSPS) is 10.2. The van der Waals surface area contributed by atoms with E-state index < -0.39 is 5.91 Å². The lowest BCUT2D eigenvalue weighted by Gasteiger charge is -2.14. The van der Waals surface area contributed by atoms with E-state index in [1.807, 2.05) is 0 Å². The highest BCUT2D eigenvalue weighted by Gasteiger charge is 2.16. The Balaban J connectivity index is 2.23. The van der Waals surface area contributed by atoms with Crippen LogP contribution in [0.3, 0.4) is 0 Å². The van der Waals surface area contributed by atoms with Crippen LogP contribution in [0.2, 0.25) is 10.0 Å². The number of rotatable bonds is 5. The van der Waals surface area contributed by atoms with Crippen LogP contribution >= 0.6 is 51.3 Å². The molecule has 0 saturated heterocycles. The third kappa shape index (κ3) is 5.22. The largest absolute Gasteiger partial charge is 0.493 e. The number of amides is 1. The molecule has 132 valence electrons. The lowest BCUT2D eigenvalue weighted by Crippen LogP contribution is -2.34. The van der Waals surface area contributed by atoms with Gasteiger partial charge in [0.15, 0.2) is 16.6 Å². The SMILES string of the molecule is COc1cc(C(=O)NC(N)=S)cc(Br)c1OCc1ccc(Cl)c(Cl)c1. The van der Waals surface area contributed by atoms with Crippen molar-refractivity contribution >= 4 is 62.4 Å². The van der Waals surface area contributed by atoms with E-state index in [0.29, 0.717) is 31.6 Å². The van der Waals surface area contributed by atoms with Gasteiger partial charge in [0.25, 0.3) is 5.91 Å². The molecule has 1 amide bonds. The van der Waals surface area contributed by atoms with Gasteiger partial charge in [0.1, 0.15) is 6.61 Å². The van der Waals surface area contributed by atoms with Crippen molar-refractivity contribution in [3.8, 4) is 11.5 Å². The highest BCUT2D eigenvalue weighted by Crippen LogP contribution is 2.37. The van der Waals surface area contributed by atoms with E-state index in [4.69, 9.17) is 38.4 Å². The number of carbonyl (C=O) groups excluding carboxylic acids is 1. The minimum Gasteiger partial charge on any atom is -0.493 e. The summed E-state index contributed by atoms with van der Waals surface area (Å²) in [5.74, 6) is 0.380. The summed E-state index contributed by atoms with van der Waals surface area (Å²) in [7, 11) is 1.48. The van der Waals surface area contributed by atoms with Crippen LogP contribution in [0, 0.1) is 0 Å². The number of ether oxygens (including phenoxy) is 2. The minimum absolute atomic E-state index is 0.111. The molecule has 0 atom stereocenters. The van der Waals surface area contributed by atoms with Gasteiger partial charge in [-0.15, -0.1) is 0 Å². The number of thiocarbonyl (C=S) groups is 1. The first-order valence-electron chi connectivity index (χ1n) is 6.87. The van der Waals surface area contributed by atoms with Gasteiger partial charge in [-0.2, -0.15) is 0 Å². The molecule has 2 rings (SSSR count). The van der Waals surface area contributed by atoms with Crippen LogP contribution in [0.5, 0.6) is 11.5 Å². The molecular formula is C16H13BrCl2N2O3S. The van der Waals surface area contributed by atoms with Crippen molar-refractivity contribution in [3.63, 3.8) is 0 Å². The summed E-state index contributed by atoms with van der Waals surface area (Å²) in [6, 6.07) is 8.33. The molecular weight excluding hydrogens is 451 g/mol. The van der Waals surface area contributed by atoms with Crippen LogP contribution in [0.25, 0.3) is 0 Å². The Kier molecular flexibility index (Phi) is 6.89. The summed E-state index contributed by atoms with van der Waals surface area (Å²) in [4.78, 5) is 12.0. The fraction of sp³-hybridized carbons (Fsp3) is 0.125. The zero-order valence-electron chi connectivity index (χ0n) is 12.9. The fourth-order valence-corrected chi connectivity index (χ4v) is 2.93. The maximum absolute atomic E-state index is 12.0. The molecule has 0 aromatic heterocycles. The van der Waals surface area contributed by atoms with E-state index in [0.717, 1.165) is 5.56 Å². The van der Waals surface area contributed by atoms with E-state index >= 15 is 0 Å². The van der Waals surface area contributed by atoms with E-state index in [9.17, 15) is 4.79 Å².